The number of hydrogen-bond donors (Lipinski definition) is 2. The van der Waals surface area contributed by atoms with Crippen LogP contribution in [-0.4, -0.2) is 36.2 Å². The third-order valence-corrected chi connectivity index (χ3v) is 5.23. The molecule has 0 aliphatic carbocycles. The van der Waals surface area contributed by atoms with E-state index >= 15 is 0 Å². The number of nitrogens with two attached hydrogens (primary N) is 1. The Morgan fingerprint density at radius 1 is 1.11 bits per heavy atom. The maximum atomic E-state index is 6.30. The highest BCUT2D eigenvalue weighted by Crippen LogP contribution is 2.27. The van der Waals surface area contributed by atoms with E-state index in [-0.39, 0.29) is 5.96 Å². The highest BCUT2D eigenvalue weighted by atomic mass is 35.5. The third kappa shape index (κ3) is 3.71. The molecule has 1 saturated heterocycles. The van der Waals surface area contributed by atoms with Crippen LogP contribution in [0.5, 0.6) is 0 Å². The van der Waals surface area contributed by atoms with Crippen molar-refractivity contribution in [1.82, 2.24) is 4.90 Å². The molecular formula is C20H23ClN6. The second-order valence-corrected chi connectivity index (χ2v) is 7.19. The number of para-hydroxylation sites is 1. The van der Waals surface area contributed by atoms with Gasteiger partial charge in [-0.15, -0.1) is 0 Å². The SMILES string of the molecule is Cc1ccc(NC2N=C(N)N=C(N3CCCC3)N2c2ccccc2)cc1Cl. The van der Waals surface area contributed by atoms with Crippen molar-refractivity contribution >= 4 is 34.9 Å². The van der Waals surface area contributed by atoms with Crippen LogP contribution in [0.3, 0.4) is 0 Å². The molecule has 0 amide bonds. The molecule has 4 rings (SSSR count). The van der Waals surface area contributed by atoms with Crippen molar-refractivity contribution < 1.29 is 0 Å². The van der Waals surface area contributed by atoms with Gasteiger partial charge >= 0.3 is 0 Å². The average molecular weight is 383 g/mol. The van der Waals surface area contributed by atoms with Gasteiger partial charge in [-0.1, -0.05) is 35.9 Å². The van der Waals surface area contributed by atoms with Crippen LogP contribution in [0.4, 0.5) is 11.4 Å². The molecule has 3 N–H and O–H groups in total. The molecule has 0 saturated carbocycles. The summed E-state index contributed by atoms with van der Waals surface area (Å²) in [6, 6.07) is 16.0. The highest BCUT2D eigenvalue weighted by molar-refractivity contribution is 6.31. The Balaban J connectivity index is 1.71. The minimum absolute atomic E-state index is 0.278. The topological polar surface area (TPSA) is 69.2 Å². The lowest BCUT2D eigenvalue weighted by Gasteiger charge is -2.38. The number of benzene rings is 2. The first kappa shape index (κ1) is 17.7. The number of guanidine groups is 2. The standard InChI is InChI=1S/C20H23ClN6/c1-14-9-10-15(13-17(14)21)23-19-24-18(22)25-20(26-11-5-6-12-26)27(19)16-7-3-2-4-8-16/h2-4,7-10,13,19,23H,5-6,11-12H2,1H3,(H2,22,24). The fraction of sp³-hybridized carbons (Fsp3) is 0.300. The summed E-state index contributed by atoms with van der Waals surface area (Å²) >= 11 is 6.30. The first-order valence-electron chi connectivity index (χ1n) is 9.16. The molecule has 1 atom stereocenters. The van der Waals surface area contributed by atoms with Crippen LogP contribution in [0.1, 0.15) is 18.4 Å². The minimum atomic E-state index is -0.403. The number of halogens is 1. The van der Waals surface area contributed by atoms with Crippen LogP contribution in [0.15, 0.2) is 58.5 Å². The molecule has 140 valence electrons. The normalized spacial score (nSPS) is 19.7. The van der Waals surface area contributed by atoms with Crippen molar-refractivity contribution in [3.05, 3.63) is 59.1 Å². The lowest BCUT2D eigenvalue weighted by atomic mass is 10.2. The second-order valence-electron chi connectivity index (χ2n) is 6.78. The summed E-state index contributed by atoms with van der Waals surface area (Å²) in [5, 5.41) is 4.16. The molecule has 2 aromatic rings. The van der Waals surface area contributed by atoms with Gasteiger partial charge < -0.3 is 16.0 Å². The molecule has 7 heteroatoms. The minimum Gasteiger partial charge on any atom is -0.368 e. The maximum Gasteiger partial charge on any atom is 0.222 e. The molecule has 27 heavy (non-hydrogen) atoms. The lowest BCUT2D eigenvalue weighted by molar-refractivity contribution is 0.497. The van der Waals surface area contributed by atoms with E-state index in [4.69, 9.17) is 17.3 Å². The Kier molecular flexibility index (Phi) is 4.90. The van der Waals surface area contributed by atoms with E-state index in [9.17, 15) is 0 Å². The quantitative estimate of drug-likeness (QED) is 0.850. The van der Waals surface area contributed by atoms with E-state index in [0.717, 1.165) is 48.8 Å². The number of anilines is 2. The van der Waals surface area contributed by atoms with Crippen LogP contribution in [0, 0.1) is 6.92 Å². The number of hydrogen-bond acceptors (Lipinski definition) is 6. The summed E-state index contributed by atoms with van der Waals surface area (Å²) in [7, 11) is 0. The molecule has 6 nitrogen and oxygen atoms in total. The lowest BCUT2D eigenvalue weighted by Crippen LogP contribution is -2.54. The first-order valence-corrected chi connectivity index (χ1v) is 9.53. The smallest absolute Gasteiger partial charge is 0.222 e. The van der Waals surface area contributed by atoms with Gasteiger partial charge in [-0.05, 0) is 49.6 Å². The Morgan fingerprint density at radius 3 is 2.56 bits per heavy atom. The monoisotopic (exact) mass is 382 g/mol. The molecule has 0 bridgehead atoms. The molecule has 0 aromatic heterocycles. The highest BCUT2D eigenvalue weighted by Gasteiger charge is 2.32. The Morgan fingerprint density at radius 2 is 1.85 bits per heavy atom. The Hall–Kier alpha value is -2.73. The summed E-state index contributed by atoms with van der Waals surface area (Å²) in [6.07, 6.45) is 1.91. The number of likely N-dealkylation sites (tertiary alicyclic amines) is 1. The average Bonchev–Trinajstić information content (AvgIpc) is 3.20. The van der Waals surface area contributed by atoms with Crippen molar-refractivity contribution in [2.24, 2.45) is 15.7 Å². The molecule has 2 heterocycles. The second kappa shape index (κ2) is 7.48. The van der Waals surface area contributed by atoms with Crippen LogP contribution in [0.25, 0.3) is 0 Å². The van der Waals surface area contributed by atoms with Gasteiger partial charge in [0.15, 0.2) is 0 Å². The van der Waals surface area contributed by atoms with E-state index in [0.29, 0.717) is 5.02 Å². The summed E-state index contributed by atoms with van der Waals surface area (Å²) < 4.78 is 0. The molecule has 1 unspecified atom stereocenters. The number of aliphatic imine (C=N–C) groups is 2. The van der Waals surface area contributed by atoms with Crippen molar-refractivity contribution in [1.29, 1.82) is 0 Å². The fourth-order valence-electron chi connectivity index (χ4n) is 3.39. The molecule has 0 spiro atoms. The van der Waals surface area contributed by atoms with Gasteiger partial charge in [0.05, 0.1) is 0 Å². The van der Waals surface area contributed by atoms with Crippen molar-refractivity contribution in [2.75, 3.05) is 23.3 Å². The van der Waals surface area contributed by atoms with E-state index in [1.54, 1.807) is 0 Å². The van der Waals surface area contributed by atoms with Crippen LogP contribution in [0.2, 0.25) is 5.02 Å². The van der Waals surface area contributed by atoms with E-state index in [1.807, 2.05) is 43.3 Å². The summed E-state index contributed by atoms with van der Waals surface area (Å²) in [6.45, 7) is 3.92. The van der Waals surface area contributed by atoms with Gasteiger partial charge in [-0.25, -0.2) is 4.99 Å². The molecule has 1 fully saturated rings. The third-order valence-electron chi connectivity index (χ3n) is 4.82. The van der Waals surface area contributed by atoms with Crippen molar-refractivity contribution in [2.45, 2.75) is 26.1 Å². The zero-order valence-electron chi connectivity index (χ0n) is 15.3. The van der Waals surface area contributed by atoms with Crippen LogP contribution < -0.4 is 16.0 Å². The molecule has 2 aliphatic rings. The zero-order chi connectivity index (χ0) is 18.8. The Labute approximate surface area is 164 Å². The number of aryl methyl sites for hydroxylation is 1. The molecule has 2 aromatic carbocycles. The number of nitrogens with one attached hydrogen (secondary N) is 1. The van der Waals surface area contributed by atoms with Crippen molar-refractivity contribution in [3.8, 4) is 0 Å². The van der Waals surface area contributed by atoms with Gasteiger partial charge in [0.1, 0.15) is 0 Å². The summed E-state index contributed by atoms with van der Waals surface area (Å²) in [5.41, 5.74) is 9.00. The van der Waals surface area contributed by atoms with Crippen LogP contribution >= 0.6 is 11.6 Å². The predicted octanol–water partition coefficient (Wildman–Crippen LogP) is 3.63. The summed E-state index contributed by atoms with van der Waals surface area (Å²) in [5.74, 6) is 1.11. The van der Waals surface area contributed by atoms with E-state index in [2.05, 4.69) is 37.2 Å². The van der Waals surface area contributed by atoms with Gasteiger partial charge in [0.2, 0.25) is 18.2 Å². The molecule has 0 radical (unpaired) electrons. The molecule has 2 aliphatic heterocycles. The molecular weight excluding hydrogens is 360 g/mol. The van der Waals surface area contributed by atoms with Crippen LogP contribution in [-0.2, 0) is 0 Å². The number of rotatable bonds is 3. The Bertz CT molecular complexity index is 873. The summed E-state index contributed by atoms with van der Waals surface area (Å²) in [4.78, 5) is 13.5. The van der Waals surface area contributed by atoms with E-state index < -0.39 is 6.29 Å². The number of nitrogens with zero attached hydrogens (tertiary/aromatic N) is 4. The fourth-order valence-corrected chi connectivity index (χ4v) is 3.57. The van der Waals surface area contributed by atoms with E-state index in [1.165, 1.54) is 0 Å². The first-order chi connectivity index (χ1) is 13.1. The largest absolute Gasteiger partial charge is 0.368 e. The predicted molar refractivity (Wildman–Crippen MR) is 112 cm³/mol. The maximum absolute atomic E-state index is 6.30. The van der Waals surface area contributed by atoms with Crippen molar-refractivity contribution in [3.63, 3.8) is 0 Å². The van der Waals surface area contributed by atoms with Gasteiger partial charge in [0.25, 0.3) is 0 Å². The van der Waals surface area contributed by atoms with Gasteiger partial charge in [-0.3, -0.25) is 4.90 Å². The zero-order valence-corrected chi connectivity index (χ0v) is 16.0. The van der Waals surface area contributed by atoms with Gasteiger partial charge in [-0.2, -0.15) is 4.99 Å². The van der Waals surface area contributed by atoms with Gasteiger partial charge in [0, 0.05) is 29.5 Å².